The van der Waals surface area contributed by atoms with Crippen molar-refractivity contribution >= 4 is 0 Å². The lowest BCUT2D eigenvalue weighted by Gasteiger charge is -2.11. The van der Waals surface area contributed by atoms with E-state index in [4.69, 9.17) is 0 Å². The lowest BCUT2D eigenvalue weighted by atomic mass is 10.1. The molecule has 1 aromatic carbocycles. The van der Waals surface area contributed by atoms with Gasteiger partial charge < -0.3 is 5.32 Å². The third-order valence-electron chi connectivity index (χ3n) is 2.50. The third-order valence-corrected chi connectivity index (χ3v) is 2.50. The van der Waals surface area contributed by atoms with Gasteiger partial charge >= 0.3 is 0 Å². The molecule has 1 aromatic rings. The molecule has 14 heavy (non-hydrogen) atoms. The molecule has 0 spiro atoms. The lowest BCUT2D eigenvalue weighted by molar-refractivity contribution is 0.531. The van der Waals surface area contributed by atoms with Crippen molar-refractivity contribution in [1.29, 1.82) is 0 Å². The second-order valence-corrected chi connectivity index (χ2v) is 3.77. The first-order chi connectivity index (χ1) is 6.63. The van der Waals surface area contributed by atoms with E-state index in [1.54, 1.807) is 13.0 Å². The Morgan fingerprint density at radius 2 is 2.14 bits per heavy atom. The van der Waals surface area contributed by atoms with Gasteiger partial charge in [0.2, 0.25) is 0 Å². The van der Waals surface area contributed by atoms with Crippen LogP contribution in [-0.4, -0.2) is 6.04 Å². The van der Waals surface area contributed by atoms with Crippen LogP contribution in [0.25, 0.3) is 0 Å². The van der Waals surface area contributed by atoms with Crippen LogP contribution < -0.4 is 5.32 Å². The fourth-order valence-corrected chi connectivity index (χ4v) is 1.18. The molecular formula is C12H18FN. The van der Waals surface area contributed by atoms with E-state index in [-0.39, 0.29) is 5.82 Å². The molecule has 1 N–H and O–H groups in total. The number of hydrogen-bond donors (Lipinski definition) is 1. The molecule has 0 amide bonds. The van der Waals surface area contributed by atoms with Crippen molar-refractivity contribution in [3.63, 3.8) is 0 Å². The molecule has 0 aromatic heterocycles. The Labute approximate surface area is 85.3 Å². The zero-order chi connectivity index (χ0) is 10.6. The average Bonchev–Trinajstić information content (AvgIpc) is 2.19. The number of rotatable bonds is 4. The first kappa shape index (κ1) is 11.2. The summed E-state index contributed by atoms with van der Waals surface area (Å²) in [6.45, 7) is 6.78. The number of benzene rings is 1. The number of nitrogens with one attached hydrogen (secondary N) is 1. The highest BCUT2D eigenvalue weighted by atomic mass is 19.1. The highest BCUT2D eigenvalue weighted by molar-refractivity contribution is 5.23. The van der Waals surface area contributed by atoms with Crippen LogP contribution >= 0.6 is 0 Å². The molecule has 1 rings (SSSR count). The number of halogens is 1. The number of hydrogen-bond acceptors (Lipinski definition) is 1. The van der Waals surface area contributed by atoms with Crippen LogP contribution in [0.15, 0.2) is 18.2 Å². The van der Waals surface area contributed by atoms with Crippen molar-refractivity contribution in [2.45, 2.75) is 39.8 Å². The van der Waals surface area contributed by atoms with Gasteiger partial charge in [-0.1, -0.05) is 19.1 Å². The molecule has 0 aliphatic carbocycles. The summed E-state index contributed by atoms with van der Waals surface area (Å²) in [6, 6.07) is 5.88. The van der Waals surface area contributed by atoms with E-state index < -0.39 is 0 Å². The molecule has 0 aliphatic heterocycles. The van der Waals surface area contributed by atoms with Crippen LogP contribution in [0.4, 0.5) is 4.39 Å². The summed E-state index contributed by atoms with van der Waals surface area (Å²) in [6.07, 6.45) is 1.09. The van der Waals surface area contributed by atoms with Gasteiger partial charge in [0.05, 0.1) is 0 Å². The second kappa shape index (κ2) is 5.11. The quantitative estimate of drug-likeness (QED) is 0.778. The van der Waals surface area contributed by atoms with Gasteiger partial charge in [-0.15, -0.1) is 0 Å². The van der Waals surface area contributed by atoms with Gasteiger partial charge in [0, 0.05) is 12.6 Å². The normalized spacial score (nSPS) is 12.9. The molecule has 78 valence electrons. The molecule has 0 saturated carbocycles. The minimum absolute atomic E-state index is 0.117. The van der Waals surface area contributed by atoms with Crippen LogP contribution in [0.2, 0.25) is 0 Å². The monoisotopic (exact) mass is 195 g/mol. The zero-order valence-corrected chi connectivity index (χ0v) is 9.10. The Balaban J connectivity index is 2.55. The van der Waals surface area contributed by atoms with Crippen LogP contribution in [0, 0.1) is 12.7 Å². The van der Waals surface area contributed by atoms with Gasteiger partial charge in [-0.3, -0.25) is 0 Å². The Bertz CT molecular complexity index is 296. The van der Waals surface area contributed by atoms with E-state index in [9.17, 15) is 4.39 Å². The predicted octanol–water partition coefficient (Wildman–Crippen LogP) is 3.02. The Hall–Kier alpha value is -0.890. The molecule has 0 aliphatic rings. The summed E-state index contributed by atoms with van der Waals surface area (Å²) in [4.78, 5) is 0. The van der Waals surface area contributed by atoms with Gasteiger partial charge in [-0.2, -0.15) is 0 Å². The van der Waals surface area contributed by atoms with Crippen LogP contribution in [0.1, 0.15) is 31.4 Å². The molecule has 1 atom stereocenters. The zero-order valence-electron chi connectivity index (χ0n) is 9.10. The highest BCUT2D eigenvalue weighted by Crippen LogP contribution is 2.09. The van der Waals surface area contributed by atoms with Crippen molar-refractivity contribution in [1.82, 2.24) is 5.32 Å². The molecular weight excluding hydrogens is 177 g/mol. The molecule has 1 nitrogen and oxygen atoms in total. The molecule has 0 saturated heterocycles. The predicted molar refractivity (Wildman–Crippen MR) is 57.7 cm³/mol. The number of aryl methyl sites for hydroxylation is 1. The maximum Gasteiger partial charge on any atom is 0.126 e. The highest BCUT2D eigenvalue weighted by Gasteiger charge is 2.01. The van der Waals surface area contributed by atoms with Gasteiger partial charge in [-0.25, -0.2) is 4.39 Å². The maximum atomic E-state index is 13.2. The summed E-state index contributed by atoms with van der Waals surface area (Å²) in [5.74, 6) is -0.117. The van der Waals surface area contributed by atoms with E-state index in [0.717, 1.165) is 18.5 Å². The Morgan fingerprint density at radius 3 is 2.71 bits per heavy atom. The van der Waals surface area contributed by atoms with Crippen molar-refractivity contribution in [2.75, 3.05) is 0 Å². The maximum absolute atomic E-state index is 13.2. The molecule has 1 unspecified atom stereocenters. The fourth-order valence-electron chi connectivity index (χ4n) is 1.18. The van der Waals surface area contributed by atoms with E-state index in [1.165, 1.54) is 0 Å². The molecule has 0 heterocycles. The van der Waals surface area contributed by atoms with Crippen LogP contribution in [-0.2, 0) is 6.54 Å². The van der Waals surface area contributed by atoms with E-state index >= 15 is 0 Å². The smallest absolute Gasteiger partial charge is 0.126 e. The SMILES string of the molecule is CCC(C)NCc1ccc(C)c(F)c1. The minimum Gasteiger partial charge on any atom is -0.310 e. The van der Waals surface area contributed by atoms with Crippen molar-refractivity contribution < 1.29 is 4.39 Å². The topological polar surface area (TPSA) is 12.0 Å². The minimum atomic E-state index is -0.117. The average molecular weight is 195 g/mol. The van der Waals surface area contributed by atoms with Gasteiger partial charge in [0.15, 0.2) is 0 Å². The van der Waals surface area contributed by atoms with Crippen molar-refractivity contribution in [2.24, 2.45) is 0 Å². The summed E-state index contributed by atoms with van der Waals surface area (Å²) in [5, 5.41) is 3.33. The Morgan fingerprint density at radius 1 is 1.43 bits per heavy atom. The van der Waals surface area contributed by atoms with Crippen molar-refractivity contribution in [3.05, 3.63) is 35.1 Å². The molecule has 2 heteroatoms. The first-order valence-corrected chi connectivity index (χ1v) is 5.12. The fraction of sp³-hybridized carbons (Fsp3) is 0.500. The van der Waals surface area contributed by atoms with Gasteiger partial charge in [0.25, 0.3) is 0 Å². The standard InChI is InChI=1S/C12H18FN/c1-4-10(3)14-8-11-6-5-9(2)12(13)7-11/h5-7,10,14H,4,8H2,1-3H3. The van der Waals surface area contributed by atoms with E-state index in [0.29, 0.717) is 11.6 Å². The summed E-state index contributed by atoms with van der Waals surface area (Å²) < 4.78 is 13.2. The van der Waals surface area contributed by atoms with Gasteiger partial charge in [0.1, 0.15) is 5.82 Å². The summed E-state index contributed by atoms with van der Waals surface area (Å²) in [5.41, 5.74) is 1.71. The largest absolute Gasteiger partial charge is 0.310 e. The van der Waals surface area contributed by atoms with Crippen LogP contribution in [0.5, 0.6) is 0 Å². The van der Waals surface area contributed by atoms with E-state index in [2.05, 4.69) is 19.2 Å². The Kier molecular flexibility index (Phi) is 4.08. The summed E-state index contributed by atoms with van der Waals surface area (Å²) >= 11 is 0. The van der Waals surface area contributed by atoms with E-state index in [1.807, 2.05) is 12.1 Å². The van der Waals surface area contributed by atoms with Crippen LogP contribution in [0.3, 0.4) is 0 Å². The lowest BCUT2D eigenvalue weighted by Crippen LogP contribution is -2.24. The third kappa shape index (κ3) is 3.11. The van der Waals surface area contributed by atoms with Crippen molar-refractivity contribution in [3.8, 4) is 0 Å². The molecule has 0 fully saturated rings. The summed E-state index contributed by atoms with van der Waals surface area (Å²) in [7, 11) is 0. The second-order valence-electron chi connectivity index (χ2n) is 3.77. The molecule has 0 radical (unpaired) electrons. The van der Waals surface area contributed by atoms with Gasteiger partial charge in [-0.05, 0) is 37.5 Å². The molecule has 0 bridgehead atoms. The first-order valence-electron chi connectivity index (χ1n) is 5.12.